The number of fused-ring (bicyclic) bond motifs is 1. The first-order valence-electron chi connectivity index (χ1n) is 9.56. The Kier molecular flexibility index (Phi) is 5.19. The smallest absolute Gasteiger partial charge is 0.297 e. The first kappa shape index (κ1) is 19.7. The van der Waals surface area contributed by atoms with E-state index in [1.807, 2.05) is 29.7 Å². The summed E-state index contributed by atoms with van der Waals surface area (Å²) in [5, 5.41) is 0.822. The zero-order valence-corrected chi connectivity index (χ0v) is 17.2. The molecule has 1 aliphatic rings. The molecule has 0 spiro atoms. The lowest BCUT2D eigenvalue weighted by atomic mass is 10.1. The van der Waals surface area contributed by atoms with Gasteiger partial charge in [0.15, 0.2) is 6.29 Å². The molecule has 29 heavy (non-hydrogen) atoms. The fraction of sp³-hybridized carbons (Fsp3) is 0.318. The molecule has 6 nitrogen and oxygen atoms in total. The number of nitrogens with zero attached hydrogens (tertiary/aromatic N) is 1. The molecule has 0 aliphatic heterocycles. The summed E-state index contributed by atoms with van der Waals surface area (Å²) in [4.78, 5) is 12.0. The van der Waals surface area contributed by atoms with E-state index in [0.29, 0.717) is 23.8 Å². The average Bonchev–Trinajstić information content (AvgIpc) is 3.50. The average molecular weight is 413 g/mol. The van der Waals surface area contributed by atoms with E-state index in [2.05, 4.69) is 0 Å². The van der Waals surface area contributed by atoms with Crippen LogP contribution in [0.3, 0.4) is 0 Å². The van der Waals surface area contributed by atoms with Crippen molar-refractivity contribution in [3.63, 3.8) is 0 Å². The van der Waals surface area contributed by atoms with Crippen LogP contribution < -0.4 is 4.74 Å². The van der Waals surface area contributed by atoms with E-state index in [1.165, 1.54) is 0 Å². The van der Waals surface area contributed by atoms with E-state index >= 15 is 0 Å². The monoisotopic (exact) mass is 413 g/mol. The van der Waals surface area contributed by atoms with E-state index in [1.54, 1.807) is 31.4 Å². The Balaban J connectivity index is 1.63. The van der Waals surface area contributed by atoms with E-state index in [4.69, 9.17) is 8.92 Å². The highest BCUT2D eigenvalue weighted by Gasteiger charge is 2.32. The molecule has 1 aromatic heterocycles. The van der Waals surface area contributed by atoms with Crippen LogP contribution in [0.15, 0.2) is 47.4 Å². The molecule has 0 radical (unpaired) electrons. The fourth-order valence-electron chi connectivity index (χ4n) is 3.68. The lowest BCUT2D eigenvalue weighted by molar-refractivity contribution is 0.112. The van der Waals surface area contributed by atoms with Gasteiger partial charge >= 0.3 is 0 Å². The maximum absolute atomic E-state index is 12.5. The number of carbonyl (C=O) groups is 1. The minimum atomic E-state index is -3.83. The summed E-state index contributed by atoms with van der Waals surface area (Å²) in [6, 6.07) is 12.2. The Labute approximate surface area is 170 Å². The Hall–Kier alpha value is -2.64. The molecule has 0 saturated heterocycles. The molecule has 0 amide bonds. The van der Waals surface area contributed by atoms with Crippen LogP contribution in [0.25, 0.3) is 10.9 Å². The topological polar surface area (TPSA) is 74.6 Å². The number of aldehydes is 1. The van der Waals surface area contributed by atoms with Gasteiger partial charge in [0.05, 0.1) is 18.6 Å². The zero-order valence-electron chi connectivity index (χ0n) is 16.4. The van der Waals surface area contributed by atoms with Crippen LogP contribution in [0.2, 0.25) is 0 Å². The van der Waals surface area contributed by atoms with Crippen LogP contribution >= 0.6 is 0 Å². The molecule has 1 aliphatic carbocycles. The second kappa shape index (κ2) is 7.65. The molecule has 3 aromatic rings. The van der Waals surface area contributed by atoms with Gasteiger partial charge in [0.2, 0.25) is 0 Å². The molecule has 1 saturated carbocycles. The Morgan fingerprint density at radius 2 is 1.86 bits per heavy atom. The second-order valence-electron chi connectivity index (χ2n) is 7.31. The molecule has 4 rings (SSSR count). The highest BCUT2D eigenvalue weighted by molar-refractivity contribution is 7.86. The molecular weight excluding hydrogens is 390 g/mol. The summed E-state index contributed by atoms with van der Waals surface area (Å²) in [6.07, 6.45) is 2.93. The van der Waals surface area contributed by atoms with Crippen molar-refractivity contribution < 1.29 is 22.1 Å². The highest BCUT2D eigenvalue weighted by Crippen LogP contribution is 2.45. The maximum atomic E-state index is 12.5. The third-order valence-electron chi connectivity index (χ3n) is 5.30. The van der Waals surface area contributed by atoms with Crippen LogP contribution in [0.1, 0.15) is 40.4 Å². The van der Waals surface area contributed by atoms with Crippen LogP contribution in [-0.4, -0.2) is 33.0 Å². The van der Waals surface area contributed by atoms with Crippen LogP contribution in [0.5, 0.6) is 5.75 Å². The summed E-state index contributed by atoms with van der Waals surface area (Å²) < 4.78 is 37.5. The van der Waals surface area contributed by atoms with Crippen molar-refractivity contribution in [2.24, 2.45) is 0 Å². The number of ether oxygens (including phenoxy) is 1. The largest absolute Gasteiger partial charge is 0.497 e. The number of hydrogen-bond donors (Lipinski definition) is 0. The molecule has 1 heterocycles. The van der Waals surface area contributed by atoms with Gasteiger partial charge in [-0.25, -0.2) is 0 Å². The molecule has 0 bridgehead atoms. The third kappa shape index (κ3) is 3.80. The molecule has 0 N–H and O–H groups in total. The van der Waals surface area contributed by atoms with Gasteiger partial charge in [-0.2, -0.15) is 8.42 Å². The number of carbonyl (C=O) groups excluding carboxylic acids is 1. The number of aryl methyl sites for hydroxylation is 1. The maximum Gasteiger partial charge on any atom is 0.297 e. The fourth-order valence-corrected chi connectivity index (χ4v) is 4.58. The van der Waals surface area contributed by atoms with Crippen molar-refractivity contribution in [2.45, 2.75) is 37.1 Å². The number of hydrogen-bond acceptors (Lipinski definition) is 5. The SMILES string of the molecule is COc1ccc2c(c1)c(C=O)c(C1CC1)n2CCOS(=O)(=O)c1ccc(C)cc1. The summed E-state index contributed by atoms with van der Waals surface area (Å²) in [5.41, 5.74) is 3.47. The molecule has 152 valence electrons. The van der Waals surface area contributed by atoms with Crippen molar-refractivity contribution in [2.75, 3.05) is 13.7 Å². The van der Waals surface area contributed by atoms with Crippen molar-refractivity contribution >= 4 is 27.3 Å². The van der Waals surface area contributed by atoms with Gasteiger partial charge in [0, 0.05) is 28.7 Å². The van der Waals surface area contributed by atoms with Crippen LogP contribution in [0, 0.1) is 6.92 Å². The second-order valence-corrected chi connectivity index (χ2v) is 8.93. The van der Waals surface area contributed by atoms with Gasteiger partial charge in [0.1, 0.15) is 5.75 Å². The minimum absolute atomic E-state index is 0.00988. The number of benzene rings is 2. The number of rotatable bonds is 8. The summed E-state index contributed by atoms with van der Waals surface area (Å²) in [6.45, 7) is 2.23. The van der Waals surface area contributed by atoms with Crippen molar-refractivity contribution in [3.05, 3.63) is 59.3 Å². The van der Waals surface area contributed by atoms with Gasteiger partial charge in [-0.1, -0.05) is 17.7 Å². The molecular formula is C22H23NO5S. The quantitative estimate of drug-likeness (QED) is 0.411. The Morgan fingerprint density at radius 1 is 1.14 bits per heavy atom. The molecule has 2 aromatic carbocycles. The highest BCUT2D eigenvalue weighted by atomic mass is 32.2. The van der Waals surface area contributed by atoms with Gasteiger partial charge < -0.3 is 9.30 Å². The lowest BCUT2D eigenvalue weighted by Gasteiger charge is -2.12. The van der Waals surface area contributed by atoms with E-state index in [9.17, 15) is 13.2 Å². The standard InChI is InChI=1S/C22H23NO5S/c1-15-3-8-18(9-4-15)29(25,26)28-12-11-23-21-10-7-17(27-2)13-19(21)20(14-24)22(23)16-5-6-16/h3-4,7-10,13-14,16H,5-6,11-12H2,1-2H3. The van der Waals surface area contributed by atoms with E-state index in [-0.39, 0.29) is 11.5 Å². The molecule has 1 fully saturated rings. The first-order valence-corrected chi connectivity index (χ1v) is 11.0. The molecule has 0 atom stereocenters. The predicted octanol–water partition coefficient (Wildman–Crippen LogP) is 4.05. The Bertz CT molecular complexity index is 1160. The normalized spacial score (nSPS) is 14.3. The van der Waals surface area contributed by atoms with E-state index in [0.717, 1.165) is 41.3 Å². The first-order chi connectivity index (χ1) is 13.9. The molecule has 0 unspecified atom stereocenters. The van der Waals surface area contributed by atoms with Gasteiger partial charge in [-0.05, 0) is 56.0 Å². The zero-order chi connectivity index (χ0) is 20.6. The van der Waals surface area contributed by atoms with Crippen LogP contribution in [-0.2, 0) is 20.8 Å². The van der Waals surface area contributed by atoms with Gasteiger partial charge in [0.25, 0.3) is 10.1 Å². The van der Waals surface area contributed by atoms with Gasteiger partial charge in [-0.3, -0.25) is 8.98 Å². The Morgan fingerprint density at radius 3 is 2.48 bits per heavy atom. The molecule has 7 heteroatoms. The minimum Gasteiger partial charge on any atom is -0.497 e. The lowest BCUT2D eigenvalue weighted by Crippen LogP contribution is -2.14. The summed E-state index contributed by atoms with van der Waals surface area (Å²) in [7, 11) is -2.24. The number of methoxy groups -OCH3 is 1. The third-order valence-corrected chi connectivity index (χ3v) is 6.62. The van der Waals surface area contributed by atoms with E-state index < -0.39 is 10.1 Å². The van der Waals surface area contributed by atoms with Crippen molar-refractivity contribution in [1.29, 1.82) is 0 Å². The summed E-state index contributed by atoms with van der Waals surface area (Å²) >= 11 is 0. The van der Waals surface area contributed by atoms with Gasteiger partial charge in [-0.15, -0.1) is 0 Å². The number of aromatic nitrogens is 1. The van der Waals surface area contributed by atoms with Crippen molar-refractivity contribution in [3.8, 4) is 5.75 Å². The van der Waals surface area contributed by atoms with Crippen molar-refractivity contribution in [1.82, 2.24) is 4.57 Å². The summed E-state index contributed by atoms with van der Waals surface area (Å²) in [5.74, 6) is 1.00. The predicted molar refractivity (Wildman–Crippen MR) is 110 cm³/mol. The van der Waals surface area contributed by atoms with Crippen LogP contribution in [0.4, 0.5) is 0 Å².